The van der Waals surface area contributed by atoms with E-state index in [1.807, 2.05) is 0 Å². The van der Waals surface area contributed by atoms with E-state index in [0.29, 0.717) is 18.5 Å². The molecular weight excluding hydrogens is 255 g/mol. The monoisotopic (exact) mass is 280 g/mol. The Hall–Kier alpha value is -1.13. The summed E-state index contributed by atoms with van der Waals surface area (Å²) in [5, 5.41) is 12.9. The highest BCUT2D eigenvalue weighted by atomic mass is 19.1. The predicted molar refractivity (Wildman–Crippen MR) is 79.2 cm³/mol. The lowest BCUT2D eigenvalue weighted by Crippen LogP contribution is -2.40. The summed E-state index contributed by atoms with van der Waals surface area (Å²) < 4.78 is 13.3. The average molecular weight is 280 g/mol. The fraction of sp³-hybridized carbons (Fsp3) is 0.625. The van der Waals surface area contributed by atoms with Gasteiger partial charge in [0.1, 0.15) is 11.6 Å². The first-order valence-electron chi connectivity index (χ1n) is 7.48. The third kappa shape index (κ3) is 4.46. The Morgan fingerprint density at radius 2 is 2.20 bits per heavy atom. The molecule has 2 N–H and O–H groups in total. The minimum atomic E-state index is -0.372. The Kier molecular flexibility index (Phi) is 5.38. The lowest BCUT2D eigenvalue weighted by Gasteiger charge is -2.32. The zero-order valence-electron chi connectivity index (χ0n) is 12.4. The molecule has 0 amide bonds. The van der Waals surface area contributed by atoms with Gasteiger partial charge in [0.15, 0.2) is 0 Å². The number of nitrogens with zero attached hydrogens (tertiary/aromatic N) is 1. The predicted octanol–water partition coefficient (Wildman–Crippen LogP) is 2.74. The number of nitrogens with one attached hydrogen (secondary N) is 1. The van der Waals surface area contributed by atoms with E-state index in [0.717, 1.165) is 31.3 Å². The van der Waals surface area contributed by atoms with Crippen LogP contribution in [0.15, 0.2) is 18.2 Å². The van der Waals surface area contributed by atoms with Crippen molar-refractivity contribution >= 4 is 0 Å². The van der Waals surface area contributed by atoms with Crippen LogP contribution < -0.4 is 5.32 Å². The average Bonchev–Trinajstić information content (AvgIpc) is 2.38. The highest BCUT2D eigenvalue weighted by Crippen LogP contribution is 2.19. The molecule has 1 saturated heterocycles. The first-order valence-corrected chi connectivity index (χ1v) is 7.48. The largest absolute Gasteiger partial charge is 0.508 e. The highest BCUT2D eigenvalue weighted by Gasteiger charge is 2.19. The van der Waals surface area contributed by atoms with Crippen LogP contribution in [0.4, 0.5) is 4.39 Å². The highest BCUT2D eigenvalue weighted by molar-refractivity contribution is 5.28. The number of piperidine rings is 1. The number of benzene rings is 1. The van der Waals surface area contributed by atoms with Gasteiger partial charge >= 0.3 is 0 Å². The lowest BCUT2D eigenvalue weighted by atomic mass is 9.98. The quantitative estimate of drug-likeness (QED) is 0.870. The zero-order chi connectivity index (χ0) is 14.5. The van der Waals surface area contributed by atoms with Crippen molar-refractivity contribution in [2.24, 2.45) is 5.92 Å². The van der Waals surface area contributed by atoms with Crippen LogP contribution in [-0.2, 0) is 6.54 Å². The molecule has 1 aliphatic heterocycles. The van der Waals surface area contributed by atoms with Crippen molar-refractivity contribution in [3.05, 3.63) is 29.6 Å². The van der Waals surface area contributed by atoms with E-state index in [-0.39, 0.29) is 11.6 Å². The zero-order valence-corrected chi connectivity index (χ0v) is 12.4. The van der Waals surface area contributed by atoms with Crippen LogP contribution >= 0.6 is 0 Å². The Balaban J connectivity index is 2.00. The van der Waals surface area contributed by atoms with Gasteiger partial charge in [-0.05, 0) is 63.4 Å². The molecule has 3 nitrogen and oxygen atoms in total. The molecule has 1 fully saturated rings. The standard InChI is InChI=1S/C16H25FN2O/c1-12(2)19(10-13-4-3-5-18-9-13)11-14-6-15(17)8-16(20)7-14/h6-8,12-13,18,20H,3-5,9-11H2,1-2H3. The number of halogens is 1. The minimum Gasteiger partial charge on any atom is -0.508 e. The van der Waals surface area contributed by atoms with Crippen LogP contribution in [0.1, 0.15) is 32.3 Å². The van der Waals surface area contributed by atoms with E-state index in [9.17, 15) is 9.50 Å². The van der Waals surface area contributed by atoms with Gasteiger partial charge in [-0.25, -0.2) is 4.39 Å². The Morgan fingerprint density at radius 3 is 2.80 bits per heavy atom. The van der Waals surface area contributed by atoms with Gasteiger partial charge in [-0.15, -0.1) is 0 Å². The summed E-state index contributed by atoms with van der Waals surface area (Å²) in [7, 11) is 0. The van der Waals surface area contributed by atoms with Crippen molar-refractivity contribution in [3.8, 4) is 5.75 Å². The van der Waals surface area contributed by atoms with E-state index < -0.39 is 0 Å². The third-order valence-corrected chi connectivity index (χ3v) is 3.95. The molecule has 0 bridgehead atoms. The molecule has 0 saturated carbocycles. The second-order valence-electron chi connectivity index (χ2n) is 6.05. The number of hydrogen-bond acceptors (Lipinski definition) is 3. The van der Waals surface area contributed by atoms with Crippen molar-refractivity contribution in [3.63, 3.8) is 0 Å². The molecule has 20 heavy (non-hydrogen) atoms. The van der Waals surface area contributed by atoms with Crippen molar-refractivity contribution < 1.29 is 9.50 Å². The van der Waals surface area contributed by atoms with Crippen molar-refractivity contribution in [1.82, 2.24) is 10.2 Å². The van der Waals surface area contributed by atoms with E-state index in [1.54, 1.807) is 6.07 Å². The topological polar surface area (TPSA) is 35.5 Å². The molecule has 0 aromatic heterocycles. The molecular formula is C16H25FN2O. The van der Waals surface area contributed by atoms with Gasteiger partial charge in [-0.2, -0.15) is 0 Å². The summed E-state index contributed by atoms with van der Waals surface area (Å²) in [5.74, 6) is 0.291. The summed E-state index contributed by atoms with van der Waals surface area (Å²) in [6, 6.07) is 4.71. The van der Waals surface area contributed by atoms with E-state index >= 15 is 0 Å². The van der Waals surface area contributed by atoms with Crippen LogP contribution in [0.25, 0.3) is 0 Å². The van der Waals surface area contributed by atoms with Gasteiger partial charge in [-0.3, -0.25) is 4.90 Å². The molecule has 1 aliphatic rings. The van der Waals surface area contributed by atoms with E-state index in [1.165, 1.54) is 18.9 Å². The SMILES string of the molecule is CC(C)N(Cc1cc(O)cc(F)c1)CC1CCCNC1. The van der Waals surface area contributed by atoms with Crippen molar-refractivity contribution in [1.29, 1.82) is 0 Å². The van der Waals surface area contributed by atoms with Gasteiger partial charge < -0.3 is 10.4 Å². The maximum absolute atomic E-state index is 13.3. The first kappa shape index (κ1) is 15.3. The molecule has 4 heteroatoms. The van der Waals surface area contributed by atoms with Crippen LogP contribution in [0.3, 0.4) is 0 Å². The second kappa shape index (κ2) is 7.04. The van der Waals surface area contributed by atoms with Crippen LogP contribution in [0.5, 0.6) is 5.75 Å². The summed E-state index contributed by atoms with van der Waals surface area (Å²) >= 11 is 0. The lowest BCUT2D eigenvalue weighted by molar-refractivity contribution is 0.163. The Bertz CT molecular complexity index is 410. The molecule has 0 spiro atoms. The number of aromatic hydroxyl groups is 1. The van der Waals surface area contributed by atoms with E-state index in [2.05, 4.69) is 24.1 Å². The van der Waals surface area contributed by atoms with Gasteiger partial charge in [-0.1, -0.05) is 0 Å². The number of phenolic OH excluding ortho intramolecular Hbond substituents is 1. The van der Waals surface area contributed by atoms with Gasteiger partial charge in [0.2, 0.25) is 0 Å². The summed E-state index contributed by atoms with van der Waals surface area (Å²) in [6.07, 6.45) is 2.49. The molecule has 2 rings (SSSR count). The van der Waals surface area contributed by atoms with Crippen LogP contribution in [0, 0.1) is 11.7 Å². The first-order chi connectivity index (χ1) is 9.54. The third-order valence-electron chi connectivity index (χ3n) is 3.95. The molecule has 1 heterocycles. The van der Waals surface area contributed by atoms with Gasteiger partial charge in [0, 0.05) is 25.2 Å². The van der Waals surface area contributed by atoms with Crippen molar-refractivity contribution in [2.45, 2.75) is 39.3 Å². The number of rotatable bonds is 5. The number of hydrogen-bond donors (Lipinski definition) is 2. The fourth-order valence-electron chi connectivity index (χ4n) is 2.83. The van der Waals surface area contributed by atoms with Gasteiger partial charge in [0.05, 0.1) is 0 Å². The molecule has 112 valence electrons. The Labute approximate surface area is 120 Å². The maximum atomic E-state index is 13.3. The fourth-order valence-corrected chi connectivity index (χ4v) is 2.83. The summed E-state index contributed by atoms with van der Waals surface area (Å²) in [4.78, 5) is 2.35. The number of phenols is 1. The smallest absolute Gasteiger partial charge is 0.127 e. The van der Waals surface area contributed by atoms with Crippen LogP contribution in [-0.4, -0.2) is 35.7 Å². The van der Waals surface area contributed by atoms with Crippen LogP contribution in [0.2, 0.25) is 0 Å². The minimum absolute atomic E-state index is 0.00281. The normalized spacial score (nSPS) is 19.8. The Morgan fingerprint density at radius 1 is 1.40 bits per heavy atom. The van der Waals surface area contributed by atoms with Crippen molar-refractivity contribution in [2.75, 3.05) is 19.6 Å². The summed E-state index contributed by atoms with van der Waals surface area (Å²) in [6.45, 7) is 8.21. The molecule has 1 aromatic carbocycles. The molecule has 1 atom stereocenters. The molecule has 1 aromatic rings. The molecule has 1 unspecified atom stereocenters. The van der Waals surface area contributed by atoms with E-state index in [4.69, 9.17) is 0 Å². The van der Waals surface area contributed by atoms with Gasteiger partial charge in [0.25, 0.3) is 0 Å². The maximum Gasteiger partial charge on any atom is 0.127 e. The molecule has 0 radical (unpaired) electrons. The second-order valence-corrected chi connectivity index (χ2v) is 6.05. The summed E-state index contributed by atoms with van der Waals surface area (Å²) in [5.41, 5.74) is 0.833. The molecule has 0 aliphatic carbocycles.